The third-order valence-electron chi connectivity index (χ3n) is 2.38. The number of carbonyl (C=O) groups excluding carboxylic acids is 1. The van der Waals surface area contributed by atoms with E-state index in [1.165, 1.54) is 4.68 Å². The Morgan fingerprint density at radius 2 is 2.17 bits per heavy atom. The van der Waals surface area contributed by atoms with Gasteiger partial charge in [-0.3, -0.25) is 0 Å². The zero-order valence-corrected chi connectivity index (χ0v) is 10.7. The molecule has 0 amide bonds. The molecule has 18 heavy (non-hydrogen) atoms. The van der Waals surface area contributed by atoms with Gasteiger partial charge in [0.15, 0.2) is 0 Å². The number of aromatic nitrogens is 2. The summed E-state index contributed by atoms with van der Waals surface area (Å²) < 4.78 is 6.47. The van der Waals surface area contributed by atoms with Crippen molar-refractivity contribution in [3.63, 3.8) is 0 Å². The lowest BCUT2D eigenvalue weighted by Gasteiger charge is -2.19. The summed E-state index contributed by atoms with van der Waals surface area (Å²) in [5.41, 5.74) is 0.799. The maximum absolute atomic E-state index is 12.0. The molecule has 96 valence electrons. The first kappa shape index (κ1) is 12.6. The molecule has 1 aromatic carbocycles. The second-order valence-corrected chi connectivity index (χ2v) is 5.09. The van der Waals surface area contributed by atoms with Crippen LogP contribution in [0.15, 0.2) is 24.4 Å². The first-order chi connectivity index (χ1) is 8.40. The van der Waals surface area contributed by atoms with Crippen molar-refractivity contribution in [2.45, 2.75) is 33.0 Å². The topological polar surface area (TPSA) is 64.4 Å². The Morgan fingerprint density at radius 3 is 2.78 bits per heavy atom. The molecule has 0 saturated carbocycles. The van der Waals surface area contributed by atoms with Crippen LogP contribution in [0.2, 0.25) is 0 Å². The third-order valence-corrected chi connectivity index (χ3v) is 2.38. The Balaban J connectivity index is 2.42. The SMILES string of the molecule is CC(C)(C)OC(=O)n1ncc2ccc(CO)cc21. The smallest absolute Gasteiger partial charge is 0.435 e. The molecule has 2 aromatic rings. The number of nitrogens with zero attached hydrogens (tertiary/aromatic N) is 2. The van der Waals surface area contributed by atoms with Crippen LogP contribution < -0.4 is 0 Å². The first-order valence-corrected chi connectivity index (χ1v) is 5.71. The molecular formula is C13H16N2O3. The molecule has 0 fully saturated rings. The van der Waals surface area contributed by atoms with E-state index in [0.717, 1.165) is 10.9 Å². The number of carbonyl (C=O) groups is 1. The normalized spacial score (nSPS) is 11.8. The van der Waals surface area contributed by atoms with Crippen LogP contribution >= 0.6 is 0 Å². The zero-order chi connectivity index (χ0) is 13.3. The van der Waals surface area contributed by atoms with Crippen molar-refractivity contribution >= 4 is 17.0 Å². The Morgan fingerprint density at radius 1 is 1.44 bits per heavy atom. The average Bonchev–Trinajstić information content (AvgIpc) is 2.69. The molecule has 5 nitrogen and oxygen atoms in total. The van der Waals surface area contributed by atoms with E-state index in [0.29, 0.717) is 5.52 Å². The summed E-state index contributed by atoms with van der Waals surface area (Å²) >= 11 is 0. The number of ether oxygens (including phenoxy) is 1. The molecule has 0 aliphatic heterocycles. The molecular weight excluding hydrogens is 232 g/mol. The molecule has 0 radical (unpaired) electrons. The van der Waals surface area contributed by atoms with Crippen LogP contribution in [-0.4, -0.2) is 26.6 Å². The monoisotopic (exact) mass is 248 g/mol. The Labute approximate surface area is 105 Å². The highest BCUT2D eigenvalue weighted by Crippen LogP contribution is 2.17. The Kier molecular flexibility index (Phi) is 3.09. The number of hydrogen-bond donors (Lipinski definition) is 1. The second-order valence-electron chi connectivity index (χ2n) is 5.09. The van der Waals surface area contributed by atoms with E-state index in [-0.39, 0.29) is 6.61 Å². The van der Waals surface area contributed by atoms with E-state index in [2.05, 4.69) is 5.10 Å². The molecule has 0 bridgehead atoms. The van der Waals surface area contributed by atoms with Gasteiger partial charge in [0.25, 0.3) is 0 Å². The molecule has 0 aliphatic carbocycles. The van der Waals surface area contributed by atoms with E-state index in [1.807, 2.05) is 6.07 Å². The van der Waals surface area contributed by atoms with Gasteiger partial charge in [-0.25, -0.2) is 4.79 Å². The van der Waals surface area contributed by atoms with Crippen molar-refractivity contribution < 1.29 is 14.6 Å². The van der Waals surface area contributed by atoms with Gasteiger partial charge in [-0.2, -0.15) is 9.78 Å². The van der Waals surface area contributed by atoms with Crippen molar-refractivity contribution in [2.75, 3.05) is 0 Å². The van der Waals surface area contributed by atoms with E-state index >= 15 is 0 Å². The van der Waals surface area contributed by atoms with Gasteiger partial charge >= 0.3 is 6.09 Å². The molecule has 0 aliphatic rings. The first-order valence-electron chi connectivity index (χ1n) is 5.71. The standard InChI is InChI=1S/C13H16N2O3/c1-13(2,3)18-12(17)15-11-6-9(8-16)4-5-10(11)7-14-15/h4-7,16H,8H2,1-3H3. The lowest BCUT2D eigenvalue weighted by Crippen LogP contribution is -2.27. The molecule has 1 heterocycles. The van der Waals surface area contributed by atoms with Crippen LogP contribution in [0.25, 0.3) is 10.9 Å². The molecule has 0 atom stereocenters. The molecule has 2 rings (SSSR count). The second kappa shape index (κ2) is 4.42. The Hall–Kier alpha value is -1.88. The van der Waals surface area contributed by atoms with Crippen molar-refractivity contribution in [1.29, 1.82) is 0 Å². The quantitative estimate of drug-likeness (QED) is 0.841. The van der Waals surface area contributed by atoms with E-state index < -0.39 is 11.7 Å². The van der Waals surface area contributed by atoms with Crippen LogP contribution in [-0.2, 0) is 11.3 Å². The number of fused-ring (bicyclic) bond motifs is 1. The van der Waals surface area contributed by atoms with Gasteiger partial charge in [0, 0.05) is 5.39 Å². The number of benzene rings is 1. The van der Waals surface area contributed by atoms with Gasteiger partial charge in [-0.1, -0.05) is 12.1 Å². The van der Waals surface area contributed by atoms with Gasteiger partial charge < -0.3 is 9.84 Å². The van der Waals surface area contributed by atoms with E-state index in [1.54, 1.807) is 39.1 Å². The molecule has 0 unspecified atom stereocenters. The average molecular weight is 248 g/mol. The summed E-state index contributed by atoms with van der Waals surface area (Å²) in [6, 6.07) is 5.34. The lowest BCUT2D eigenvalue weighted by molar-refractivity contribution is 0.0522. The van der Waals surface area contributed by atoms with Gasteiger partial charge in [0.1, 0.15) is 5.60 Å². The molecule has 1 N–H and O–H groups in total. The van der Waals surface area contributed by atoms with Crippen molar-refractivity contribution in [3.8, 4) is 0 Å². The fraction of sp³-hybridized carbons (Fsp3) is 0.385. The van der Waals surface area contributed by atoms with Gasteiger partial charge in [0.05, 0.1) is 18.3 Å². The van der Waals surface area contributed by atoms with Crippen molar-refractivity contribution in [2.24, 2.45) is 0 Å². The number of hydrogen-bond acceptors (Lipinski definition) is 4. The number of rotatable bonds is 1. The van der Waals surface area contributed by atoms with Crippen LogP contribution in [0, 0.1) is 0 Å². The zero-order valence-electron chi connectivity index (χ0n) is 10.7. The fourth-order valence-electron chi connectivity index (χ4n) is 1.61. The fourth-order valence-corrected chi connectivity index (χ4v) is 1.61. The number of aliphatic hydroxyl groups is 1. The molecule has 0 spiro atoms. The lowest BCUT2D eigenvalue weighted by atomic mass is 10.2. The molecule has 0 saturated heterocycles. The van der Waals surface area contributed by atoms with Crippen molar-refractivity contribution in [3.05, 3.63) is 30.0 Å². The summed E-state index contributed by atoms with van der Waals surface area (Å²) in [5.74, 6) is 0. The van der Waals surface area contributed by atoms with Crippen LogP contribution in [0.3, 0.4) is 0 Å². The summed E-state index contributed by atoms with van der Waals surface area (Å²) in [6.45, 7) is 5.33. The van der Waals surface area contributed by atoms with E-state index in [4.69, 9.17) is 9.84 Å². The minimum absolute atomic E-state index is 0.0740. The number of aliphatic hydroxyl groups excluding tert-OH is 1. The Bertz CT molecular complexity index is 581. The third kappa shape index (κ3) is 2.51. The minimum Gasteiger partial charge on any atom is -0.442 e. The predicted octanol–water partition coefficient (Wildman–Crippen LogP) is 2.31. The minimum atomic E-state index is -0.566. The highest BCUT2D eigenvalue weighted by molar-refractivity contribution is 5.88. The molecule has 5 heteroatoms. The summed E-state index contributed by atoms with van der Waals surface area (Å²) in [7, 11) is 0. The highest BCUT2D eigenvalue weighted by atomic mass is 16.6. The maximum Gasteiger partial charge on any atom is 0.435 e. The van der Waals surface area contributed by atoms with Gasteiger partial charge in [-0.15, -0.1) is 0 Å². The summed E-state index contributed by atoms with van der Waals surface area (Å²) in [4.78, 5) is 12.0. The predicted molar refractivity (Wildman–Crippen MR) is 67.3 cm³/mol. The largest absolute Gasteiger partial charge is 0.442 e. The highest BCUT2D eigenvalue weighted by Gasteiger charge is 2.19. The maximum atomic E-state index is 12.0. The van der Waals surface area contributed by atoms with Gasteiger partial charge in [-0.05, 0) is 32.4 Å². The van der Waals surface area contributed by atoms with Crippen LogP contribution in [0.5, 0.6) is 0 Å². The summed E-state index contributed by atoms with van der Waals surface area (Å²) in [6.07, 6.45) is 1.08. The van der Waals surface area contributed by atoms with Crippen LogP contribution in [0.1, 0.15) is 26.3 Å². The van der Waals surface area contributed by atoms with E-state index in [9.17, 15) is 4.79 Å². The van der Waals surface area contributed by atoms with Crippen LogP contribution in [0.4, 0.5) is 4.79 Å². The van der Waals surface area contributed by atoms with Gasteiger partial charge in [0.2, 0.25) is 0 Å². The summed E-state index contributed by atoms with van der Waals surface area (Å²) in [5, 5.41) is 14.0. The molecule has 1 aromatic heterocycles. The van der Waals surface area contributed by atoms with Crippen molar-refractivity contribution in [1.82, 2.24) is 9.78 Å².